The fourth-order valence-electron chi connectivity index (χ4n) is 3.16. The average molecular weight is 423 g/mol. The van der Waals surface area contributed by atoms with Gasteiger partial charge in [0.15, 0.2) is 0 Å². The molecule has 0 aliphatic carbocycles. The third-order valence-electron chi connectivity index (χ3n) is 5.00. The Morgan fingerprint density at radius 2 is 1.80 bits per heavy atom. The SMILES string of the molecule is CCN(Cc1cc(C(F)(F)F)ccc1-c1cc(C(C)C(=O)O)ccc1OC)C(C)=O. The third-order valence-corrected chi connectivity index (χ3v) is 5.00. The molecule has 8 heteroatoms. The summed E-state index contributed by atoms with van der Waals surface area (Å²) in [7, 11) is 1.43. The van der Waals surface area contributed by atoms with Crippen molar-refractivity contribution >= 4 is 11.9 Å². The number of carbonyl (C=O) groups is 2. The van der Waals surface area contributed by atoms with E-state index in [1.807, 2.05) is 0 Å². The Morgan fingerprint density at radius 1 is 1.13 bits per heavy atom. The molecule has 0 fully saturated rings. The van der Waals surface area contributed by atoms with E-state index in [2.05, 4.69) is 0 Å². The van der Waals surface area contributed by atoms with E-state index in [0.29, 0.717) is 34.5 Å². The van der Waals surface area contributed by atoms with E-state index in [1.165, 1.54) is 31.9 Å². The van der Waals surface area contributed by atoms with Gasteiger partial charge in [0.25, 0.3) is 0 Å². The zero-order chi connectivity index (χ0) is 22.6. The van der Waals surface area contributed by atoms with Gasteiger partial charge in [-0.05, 0) is 54.8 Å². The van der Waals surface area contributed by atoms with Crippen molar-refractivity contribution in [3.63, 3.8) is 0 Å². The largest absolute Gasteiger partial charge is 0.496 e. The van der Waals surface area contributed by atoms with Crippen LogP contribution in [-0.4, -0.2) is 35.5 Å². The molecular formula is C22H24F3NO4. The Morgan fingerprint density at radius 3 is 2.30 bits per heavy atom. The number of alkyl halides is 3. The second-order valence-corrected chi connectivity index (χ2v) is 6.92. The van der Waals surface area contributed by atoms with E-state index in [-0.39, 0.29) is 12.5 Å². The Bertz CT molecular complexity index is 940. The van der Waals surface area contributed by atoms with Crippen LogP contribution in [0, 0.1) is 0 Å². The highest BCUT2D eigenvalue weighted by atomic mass is 19.4. The number of rotatable bonds is 7. The van der Waals surface area contributed by atoms with Crippen LogP contribution >= 0.6 is 0 Å². The lowest BCUT2D eigenvalue weighted by Crippen LogP contribution is -2.28. The van der Waals surface area contributed by atoms with Crippen LogP contribution in [0.15, 0.2) is 36.4 Å². The summed E-state index contributed by atoms with van der Waals surface area (Å²) >= 11 is 0. The fourth-order valence-corrected chi connectivity index (χ4v) is 3.16. The van der Waals surface area contributed by atoms with Gasteiger partial charge in [-0.1, -0.05) is 12.1 Å². The average Bonchev–Trinajstić information content (AvgIpc) is 2.69. The topological polar surface area (TPSA) is 66.8 Å². The van der Waals surface area contributed by atoms with Crippen molar-refractivity contribution in [3.8, 4) is 16.9 Å². The summed E-state index contributed by atoms with van der Waals surface area (Å²) < 4.78 is 45.3. The minimum Gasteiger partial charge on any atom is -0.496 e. The standard InChI is InChI=1S/C22H24F3NO4/c1-5-26(14(3)27)12-16-10-17(22(23,24)25)7-8-18(16)19-11-15(13(2)21(28)29)6-9-20(19)30-4/h6-11,13H,5,12H2,1-4H3,(H,28,29). The molecule has 1 unspecified atom stereocenters. The lowest BCUT2D eigenvalue weighted by Gasteiger charge is -2.23. The van der Waals surface area contributed by atoms with E-state index in [9.17, 15) is 27.9 Å². The van der Waals surface area contributed by atoms with Crippen LogP contribution in [-0.2, 0) is 22.3 Å². The van der Waals surface area contributed by atoms with Crippen molar-refractivity contribution in [3.05, 3.63) is 53.1 Å². The molecule has 1 amide bonds. The van der Waals surface area contributed by atoms with Gasteiger partial charge in [-0.2, -0.15) is 13.2 Å². The maximum atomic E-state index is 13.3. The molecule has 1 N–H and O–H groups in total. The van der Waals surface area contributed by atoms with Gasteiger partial charge in [-0.15, -0.1) is 0 Å². The van der Waals surface area contributed by atoms with Gasteiger partial charge >= 0.3 is 12.1 Å². The van der Waals surface area contributed by atoms with Gasteiger partial charge in [0.05, 0.1) is 18.6 Å². The maximum absolute atomic E-state index is 13.3. The molecule has 0 aliphatic heterocycles. The minimum absolute atomic E-state index is 0.0209. The first-order valence-electron chi connectivity index (χ1n) is 9.36. The van der Waals surface area contributed by atoms with Crippen LogP contribution in [0.3, 0.4) is 0 Å². The van der Waals surface area contributed by atoms with Gasteiger partial charge in [0, 0.05) is 25.6 Å². The van der Waals surface area contributed by atoms with Crippen LogP contribution in [0.25, 0.3) is 11.1 Å². The molecule has 0 spiro atoms. The van der Waals surface area contributed by atoms with Crippen molar-refractivity contribution < 1.29 is 32.6 Å². The predicted molar refractivity (Wildman–Crippen MR) is 106 cm³/mol. The summed E-state index contributed by atoms with van der Waals surface area (Å²) in [6.45, 7) is 4.93. The monoisotopic (exact) mass is 423 g/mol. The molecule has 0 bridgehead atoms. The number of methoxy groups -OCH3 is 1. The first kappa shape index (κ1) is 23.3. The predicted octanol–water partition coefficient (Wildman–Crippen LogP) is 4.94. The van der Waals surface area contributed by atoms with Gasteiger partial charge < -0.3 is 14.7 Å². The van der Waals surface area contributed by atoms with E-state index >= 15 is 0 Å². The quantitative estimate of drug-likeness (QED) is 0.685. The molecule has 0 aliphatic rings. The minimum atomic E-state index is -4.54. The Balaban J connectivity index is 2.71. The number of nitrogens with zero attached hydrogens (tertiary/aromatic N) is 1. The summed E-state index contributed by atoms with van der Waals surface area (Å²) in [5.74, 6) is -1.70. The first-order chi connectivity index (χ1) is 14.0. The number of carbonyl (C=O) groups excluding carboxylic acids is 1. The zero-order valence-corrected chi connectivity index (χ0v) is 17.2. The smallest absolute Gasteiger partial charge is 0.416 e. The molecule has 0 radical (unpaired) electrons. The summed E-state index contributed by atoms with van der Waals surface area (Å²) in [6.07, 6.45) is -4.54. The zero-order valence-electron chi connectivity index (χ0n) is 17.2. The highest BCUT2D eigenvalue weighted by molar-refractivity contribution is 5.80. The molecule has 2 aromatic carbocycles. The van der Waals surface area contributed by atoms with Crippen LogP contribution in [0.5, 0.6) is 5.75 Å². The number of carboxylic acids is 1. The van der Waals surface area contributed by atoms with E-state index in [0.717, 1.165) is 12.1 Å². The highest BCUT2D eigenvalue weighted by Gasteiger charge is 2.31. The number of benzene rings is 2. The van der Waals surface area contributed by atoms with E-state index in [4.69, 9.17) is 4.74 Å². The number of amides is 1. The molecule has 2 rings (SSSR count). The summed E-state index contributed by atoms with van der Waals surface area (Å²) in [5, 5.41) is 9.32. The van der Waals surface area contributed by atoms with Gasteiger partial charge in [0.1, 0.15) is 5.75 Å². The van der Waals surface area contributed by atoms with Crippen LogP contribution < -0.4 is 4.74 Å². The normalized spacial score (nSPS) is 12.4. The lowest BCUT2D eigenvalue weighted by atomic mass is 9.92. The van der Waals surface area contributed by atoms with Gasteiger partial charge in [-0.25, -0.2) is 0 Å². The second-order valence-electron chi connectivity index (χ2n) is 6.92. The molecule has 5 nitrogen and oxygen atoms in total. The van der Waals surface area contributed by atoms with Crippen LogP contribution in [0.2, 0.25) is 0 Å². The summed E-state index contributed by atoms with van der Waals surface area (Å²) in [6, 6.07) is 8.13. The van der Waals surface area contributed by atoms with Crippen LogP contribution in [0.1, 0.15) is 43.4 Å². The van der Waals surface area contributed by atoms with Crippen LogP contribution in [0.4, 0.5) is 13.2 Å². The summed E-state index contributed by atoms with van der Waals surface area (Å²) in [5.41, 5.74) is 0.865. The Kier molecular flexibility index (Phi) is 7.12. The number of hydrogen-bond donors (Lipinski definition) is 1. The third kappa shape index (κ3) is 5.11. The molecule has 1 atom stereocenters. The van der Waals surface area contributed by atoms with Crippen molar-refractivity contribution in [2.24, 2.45) is 0 Å². The lowest BCUT2D eigenvalue weighted by molar-refractivity contribution is -0.139. The van der Waals surface area contributed by atoms with Crippen molar-refractivity contribution in [2.45, 2.75) is 39.4 Å². The molecule has 0 aromatic heterocycles. The van der Waals surface area contributed by atoms with Crippen molar-refractivity contribution in [2.75, 3.05) is 13.7 Å². The number of ether oxygens (including phenoxy) is 1. The molecule has 30 heavy (non-hydrogen) atoms. The first-order valence-corrected chi connectivity index (χ1v) is 9.36. The molecule has 162 valence electrons. The highest BCUT2D eigenvalue weighted by Crippen LogP contribution is 2.38. The van der Waals surface area contributed by atoms with Crippen molar-refractivity contribution in [1.29, 1.82) is 0 Å². The number of carboxylic acid groups (broad SMARTS) is 1. The van der Waals surface area contributed by atoms with Crippen molar-refractivity contribution in [1.82, 2.24) is 4.90 Å². The Hall–Kier alpha value is -3.03. The molecule has 0 heterocycles. The van der Waals surface area contributed by atoms with Gasteiger partial charge in [0.2, 0.25) is 5.91 Å². The number of aliphatic carboxylic acids is 1. The van der Waals surface area contributed by atoms with E-state index in [1.54, 1.807) is 25.1 Å². The molecular weight excluding hydrogens is 399 g/mol. The molecule has 2 aromatic rings. The maximum Gasteiger partial charge on any atom is 0.416 e. The van der Waals surface area contributed by atoms with Gasteiger partial charge in [-0.3, -0.25) is 9.59 Å². The Labute approximate surface area is 173 Å². The summed E-state index contributed by atoms with van der Waals surface area (Å²) in [4.78, 5) is 24.7. The molecule has 0 saturated heterocycles. The fraction of sp³-hybridized carbons (Fsp3) is 0.364. The number of hydrogen-bond acceptors (Lipinski definition) is 3. The van der Waals surface area contributed by atoms with E-state index < -0.39 is 23.6 Å². The number of halogens is 3. The molecule has 0 saturated carbocycles. The second kappa shape index (κ2) is 9.19.